The van der Waals surface area contributed by atoms with Crippen LogP contribution in [0.25, 0.3) is 0 Å². The van der Waals surface area contributed by atoms with Gasteiger partial charge in [0.2, 0.25) is 0 Å². The zero-order valence-corrected chi connectivity index (χ0v) is 12.8. The third kappa shape index (κ3) is 2.39. The van der Waals surface area contributed by atoms with Gasteiger partial charge in [-0.1, -0.05) is 36.9 Å². The lowest BCUT2D eigenvalue weighted by atomic mass is 10.3. The predicted octanol–water partition coefficient (Wildman–Crippen LogP) is 1.34. The molecule has 0 atom stereocenters. The van der Waals surface area contributed by atoms with Crippen molar-refractivity contribution in [1.82, 2.24) is 15.0 Å². The Morgan fingerprint density at radius 2 is 1.53 bits per heavy atom. The molecular weight excluding hydrogens is 386 g/mol. The lowest BCUT2D eigenvalue weighted by molar-refractivity contribution is -0.165. The number of fused-ring (bicyclic) bond motifs is 1. The average Bonchev–Trinajstić information content (AvgIpc) is 2.61. The Hall–Kier alpha value is -1.35. The number of nitrogens with zero attached hydrogens (tertiary/aromatic N) is 3. The van der Waals surface area contributed by atoms with Gasteiger partial charge in [-0.2, -0.15) is 0 Å². The summed E-state index contributed by atoms with van der Waals surface area (Å²) in [4.78, 5) is 47.4. The first kappa shape index (κ1) is 14.1. The molecule has 9 heteroatoms. The molecule has 1 aromatic heterocycles. The molecule has 0 aromatic carbocycles. The molecule has 1 aromatic rings. The SMILES string of the molecule is CC(=O)ON1C(=O)c2nc(CBr)c(CBr)nc2C1=O. The summed E-state index contributed by atoms with van der Waals surface area (Å²) in [6.45, 7) is 1.10. The molecule has 0 saturated carbocycles. The molecule has 0 fully saturated rings. The van der Waals surface area contributed by atoms with Crippen LogP contribution >= 0.6 is 31.9 Å². The van der Waals surface area contributed by atoms with Crippen molar-refractivity contribution in [3.63, 3.8) is 0 Å². The zero-order valence-electron chi connectivity index (χ0n) is 9.64. The second kappa shape index (κ2) is 5.33. The van der Waals surface area contributed by atoms with E-state index in [1.54, 1.807) is 0 Å². The Morgan fingerprint density at radius 3 is 1.84 bits per heavy atom. The maximum atomic E-state index is 11.9. The minimum absolute atomic E-state index is 0.106. The summed E-state index contributed by atoms with van der Waals surface area (Å²) in [7, 11) is 0. The molecule has 2 rings (SSSR count). The lowest BCUT2D eigenvalue weighted by Gasteiger charge is -2.09. The van der Waals surface area contributed by atoms with Crippen LogP contribution in [0.2, 0.25) is 0 Å². The molecule has 2 amide bonds. The highest BCUT2D eigenvalue weighted by atomic mass is 79.9. The van der Waals surface area contributed by atoms with Crippen LogP contribution < -0.4 is 0 Å². The maximum Gasteiger partial charge on any atom is 0.330 e. The number of imide groups is 1. The van der Waals surface area contributed by atoms with E-state index in [-0.39, 0.29) is 11.4 Å². The van der Waals surface area contributed by atoms with E-state index in [9.17, 15) is 14.4 Å². The number of amides is 2. The van der Waals surface area contributed by atoms with Crippen LogP contribution in [0.4, 0.5) is 0 Å². The van der Waals surface area contributed by atoms with E-state index in [1.807, 2.05) is 0 Å². The van der Waals surface area contributed by atoms with Crippen molar-refractivity contribution >= 4 is 49.6 Å². The van der Waals surface area contributed by atoms with Crippen LogP contribution in [-0.2, 0) is 20.3 Å². The summed E-state index contributed by atoms with van der Waals surface area (Å²) in [6.07, 6.45) is 0. The fourth-order valence-corrected chi connectivity index (χ4v) is 2.41. The first-order chi connectivity index (χ1) is 8.99. The van der Waals surface area contributed by atoms with Gasteiger partial charge in [-0.25, -0.2) is 14.8 Å². The number of carbonyl (C=O) groups is 3. The van der Waals surface area contributed by atoms with Crippen molar-refractivity contribution in [1.29, 1.82) is 0 Å². The van der Waals surface area contributed by atoms with Gasteiger partial charge in [0, 0.05) is 17.6 Å². The van der Waals surface area contributed by atoms with Crippen molar-refractivity contribution in [2.45, 2.75) is 17.6 Å². The van der Waals surface area contributed by atoms with Gasteiger partial charge >= 0.3 is 17.8 Å². The molecule has 0 unspecified atom stereocenters. The molecule has 0 radical (unpaired) electrons. The molecule has 0 bridgehead atoms. The minimum Gasteiger partial charge on any atom is -0.330 e. The number of hydrogen-bond acceptors (Lipinski definition) is 6. The molecule has 0 aliphatic carbocycles. The number of aromatic nitrogens is 2. The smallest absolute Gasteiger partial charge is 0.330 e. The second-order valence-electron chi connectivity index (χ2n) is 3.57. The van der Waals surface area contributed by atoms with Crippen LogP contribution in [-0.4, -0.2) is 32.8 Å². The number of alkyl halides is 2. The van der Waals surface area contributed by atoms with E-state index in [0.29, 0.717) is 27.1 Å². The van der Waals surface area contributed by atoms with Gasteiger partial charge in [-0.15, -0.1) is 0 Å². The number of rotatable bonds is 3. The minimum atomic E-state index is -0.786. The third-order valence-electron chi connectivity index (χ3n) is 2.30. The van der Waals surface area contributed by atoms with E-state index < -0.39 is 17.8 Å². The normalized spacial score (nSPS) is 13.7. The summed E-state index contributed by atoms with van der Waals surface area (Å²) >= 11 is 6.46. The largest absolute Gasteiger partial charge is 0.330 e. The first-order valence-electron chi connectivity index (χ1n) is 5.08. The quantitative estimate of drug-likeness (QED) is 0.569. The van der Waals surface area contributed by atoms with E-state index in [0.717, 1.165) is 6.92 Å². The molecule has 1 aliphatic heterocycles. The van der Waals surface area contributed by atoms with Gasteiger partial charge < -0.3 is 4.84 Å². The van der Waals surface area contributed by atoms with E-state index in [2.05, 4.69) is 46.7 Å². The highest BCUT2D eigenvalue weighted by molar-refractivity contribution is 9.09. The van der Waals surface area contributed by atoms with Crippen molar-refractivity contribution < 1.29 is 19.2 Å². The zero-order chi connectivity index (χ0) is 14.2. The topological polar surface area (TPSA) is 89.5 Å². The van der Waals surface area contributed by atoms with Crippen molar-refractivity contribution in [2.75, 3.05) is 0 Å². The van der Waals surface area contributed by atoms with Gasteiger partial charge in [-0.05, 0) is 0 Å². The number of hydroxylamine groups is 2. The fourth-order valence-electron chi connectivity index (χ4n) is 1.51. The number of hydrogen-bond donors (Lipinski definition) is 0. The number of halogens is 2. The van der Waals surface area contributed by atoms with Gasteiger partial charge in [-0.3, -0.25) is 9.59 Å². The molecule has 0 N–H and O–H groups in total. The first-order valence-corrected chi connectivity index (χ1v) is 7.33. The van der Waals surface area contributed by atoms with Crippen LogP contribution in [0.3, 0.4) is 0 Å². The summed E-state index contributed by atoms with van der Waals surface area (Å²) in [5.41, 5.74) is 0.874. The Balaban J connectivity index is 2.50. The molecule has 0 saturated heterocycles. The van der Waals surface area contributed by atoms with Gasteiger partial charge in [0.1, 0.15) is 0 Å². The lowest BCUT2D eigenvalue weighted by Crippen LogP contribution is -2.32. The van der Waals surface area contributed by atoms with Crippen LogP contribution in [0, 0.1) is 0 Å². The monoisotopic (exact) mass is 391 g/mol. The van der Waals surface area contributed by atoms with Gasteiger partial charge in [0.25, 0.3) is 0 Å². The summed E-state index contributed by atoms with van der Waals surface area (Å²) in [5.74, 6) is -2.34. The van der Waals surface area contributed by atoms with Gasteiger partial charge in [0.15, 0.2) is 11.4 Å². The van der Waals surface area contributed by atoms with Crippen molar-refractivity contribution in [3.05, 3.63) is 22.8 Å². The van der Waals surface area contributed by atoms with E-state index in [4.69, 9.17) is 0 Å². The molecule has 2 heterocycles. The van der Waals surface area contributed by atoms with Crippen LogP contribution in [0.5, 0.6) is 0 Å². The molecule has 19 heavy (non-hydrogen) atoms. The average molecular weight is 393 g/mol. The molecule has 0 spiro atoms. The Bertz CT molecular complexity index is 547. The second-order valence-corrected chi connectivity index (χ2v) is 4.69. The van der Waals surface area contributed by atoms with Crippen LogP contribution in [0.15, 0.2) is 0 Å². The third-order valence-corrected chi connectivity index (χ3v) is 3.36. The molecule has 100 valence electrons. The van der Waals surface area contributed by atoms with E-state index in [1.165, 1.54) is 0 Å². The highest BCUT2D eigenvalue weighted by Gasteiger charge is 2.42. The summed E-state index contributed by atoms with van der Waals surface area (Å²) in [5, 5.41) is 1.16. The molecule has 1 aliphatic rings. The molecule has 7 nitrogen and oxygen atoms in total. The van der Waals surface area contributed by atoms with Crippen molar-refractivity contribution in [3.8, 4) is 0 Å². The Labute approximate surface area is 124 Å². The predicted molar refractivity (Wildman–Crippen MR) is 69.6 cm³/mol. The molecular formula is C10H7Br2N3O4. The Morgan fingerprint density at radius 1 is 1.11 bits per heavy atom. The van der Waals surface area contributed by atoms with E-state index >= 15 is 0 Å². The highest BCUT2D eigenvalue weighted by Crippen LogP contribution is 2.23. The summed E-state index contributed by atoms with van der Waals surface area (Å²) in [6, 6.07) is 0. The number of carbonyl (C=O) groups excluding carboxylic acids is 3. The van der Waals surface area contributed by atoms with Crippen molar-refractivity contribution in [2.24, 2.45) is 0 Å². The Kier molecular flexibility index (Phi) is 3.95. The fraction of sp³-hybridized carbons (Fsp3) is 0.300. The standard InChI is InChI=1S/C10H7Br2N3O4/c1-4(16)19-15-9(17)7-8(10(15)18)14-6(3-12)5(2-11)13-7/h2-3H2,1H3. The van der Waals surface area contributed by atoms with Gasteiger partial charge in [0.05, 0.1) is 11.4 Å². The van der Waals surface area contributed by atoms with Crippen LogP contribution in [0.1, 0.15) is 39.3 Å². The summed E-state index contributed by atoms with van der Waals surface area (Å²) < 4.78 is 0. The maximum absolute atomic E-state index is 11.9.